The van der Waals surface area contributed by atoms with Crippen LogP contribution in [0.15, 0.2) is 118 Å². The van der Waals surface area contributed by atoms with Crippen molar-refractivity contribution < 1.29 is 152 Å². The lowest BCUT2D eigenvalue weighted by atomic mass is 10.1. The van der Waals surface area contributed by atoms with Crippen LogP contribution in [-0.2, 0) is 120 Å². The zero-order valence-corrected chi connectivity index (χ0v) is 73.8. The molecule has 4 aliphatic heterocycles. The third-order valence-electron chi connectivity index (χ3n) is 19.8. The molecule has 62 heteroatoms. The fourth-order valence-corrected chi connectivity index (χ4v) is 16.2. The van der Waals surface area contributed by atoms with Gasteiger partial charge in [0.1, 0.15) is 128 Å². The molecule has 0 bridgehead atoms. The summed E-state index contributed by atoms with van der Waals surface area (Å²) in [6.07, 6.45) is -15.1. The van der Waals surface area contributed by atoms with Gasteiger partial charge in [-0.2, -0.15) is 9.97 Å². The molecule has 135 heavy (non-hydrogen) atoms. The van der Waals surface area contributed by atoms with Crippen LogP contribution in [0.1, 0.15) is 136 Å². The molecule has 12 rings (SSSR count). The van der Waals surface area contributed by atoms with Gasteiger partial charge in [0, 0.05) is 59.3 Å². The van der Waals surface area contributed by atoms with E-state index in [1.807, 2.05) is 0 Å². The van der Waals surface area contributed by atoms with E-state index in [4.69, 9.17) is 100 Å². The highest BCUT2D eigenvalue weighted by Crippen LogP contribution is 2.52. The lowest BCUT2D eigenvalue weighted by Crippen LogP contribution is -2.47. The number of phosphoric acid groups is 4. The Hall–Kier alpha value is -11.6. The molecule has 0 spiro atoms. The van der Waals surface area contributed by atoms with E-state index in [2.05, 4.69) is 74.3 Å². The topological polar surface area (TPSA) is 851 Å². The van der Waals surface area contributed by atoms with Gasteiger partial charge in [-0.3, -0.25) is 59.8 Å². The molecular weight excluding hydrogens is 1880 g/mol. The predicted octanol–water partition coefficient (Wildman–Crippen LogP) is 4.62. The van der Waals surface area contributed by atoms with Crippen LogP contribution in [0.25, 0.3) is 43.2 Å². The molecule has 10 heterocycles. The van der Waals surface area contributed by atoms with Crippen LogP contribution in [-0.4, -0.2) is 233 Å². The highest BCUT2D eigenvalue weighted by molar-refractivity contribution is 7.47. The van der Waals surface area contributed by atoms with E-state index in [1.54, 1.807) is 69.3 Å². The number of aromatic nitrogens is 12. The fourth-order valence-electron chi connectivity index (χ4n) is 13.6. The van der Waals surface area contributed by atoms with Crippen molar-refractivity contribution in [3.63, 3.8) is 0 Å². The molecule has 58 nitrogen and oxygen atoms in total. The van der Waals surface area contributed by atoms with Crippen molar-refractivity contribution in [3.05, 3.63) is 151 Å². The third-order valence-corrected chi connectivity index (χ3v) is 22.8. The quantitative estimate of drug-likeness (QED) is 0.00473. The number of ether oxygens (including phenoxy) is 9. The van der Waals surface area contributed by atoms with Crippen LogP contribution >= 0.6 is 31.3 Å². The Kier molecular flexibility index (Phi) is 37.5. The van der Waals surface area contributed by atoms with E-state index in [0.29, 0.717) is 28.9 Å². The molecular formula is C73H100N24O34P4. The van der Waals surface area contributed by atoms with E-state index in [0.717, 1.165) is 21.8 Å². The Morgan fingerprint density at radius 2 is 0.948 bits per heavy atom. The highest BCUT2D eigenvalue weighted by atomic mass is 31.2. The summed E-state index contributed by atoms with van der Waals surface area (Å²) in [6, 6.07) is 12.6. The van der Waals surface area contributed by atoms with Crippen molar-refractivity contribution in [2.24, 2.45) is 16.0 Å². The molecule has 2 aromatic carbocycles. The van der Waals surface area contributed by atoms with E-state index in [1.165, 1.54) is 46.3 Å². The molecule has 0 aliphatic carbocycles. The Balaban J connectivity index is 0.000000300. The van der Waals surface area contributed by atoms with Crippen molar-refractivity contribution in [2.45, 2.75) is 217 Å². The first-order valence-corrected chi connectivity index (χ1v) is 46.0. The van der Waals surface area contributed by atoms with Gasteiger partial charge >= 0.3 is 72.6 Å². The summed E-state index contributed by atoms with van der Waals surface area (Å²) in [7, 11) is -20.7. The van der Waals surface area contributed by atoms with Crippen LogP contribution in [0.4, 0.5) is 39.4 Å². The summed E-state index contributed by atoms with van der Waals surface area (Å²) in [4.78, 5) is 186. The molecule has 19 N–H and O–H groups in total. The number of alkyl carbamates (subject to hydrolysis) is 1. The number of hydrogen-bond donors (Lipinski definition) is 14. The zero-order chi connectivity index (χ0) is 96.4. The first-order chi connectivity index (χ1) is 62.9. The number of aliphatic hydroxyl groups is 2. The first kappa shape index (κ1) is 107. The Morgan fingerprint density at radius 1 is 0.548 bits per heavy atom. The van der Waals surface area contributed by atoms with Crippen molar-refractivity contribution in [1.29, 1.82) is 0 Å². The number of nitrogens with two attached hydrogens (primary N) is 5. The van der Waals surface area contributed by atoms with Crippen LogP contribution in [0.2, 0.25) is 0 Å². The standard InChI is InChI=1S/C38H50N12O18P2.C33H42N12O16P2.2CH4/c1-38(2,3)67-37(55)45-22(6-4-5-7-28(51)61-15-20-8-10-21(11-9-20)47-48-41)35(53)66-31-25(65-34(30(31)52)50-19-44-29-32(40)42-18-43-33(29)50)17-63-70(59,60)68-23-14-27(49-13-12-26(39)46-36(49)54)64-24(23)16-62-69(56,57)58;34-19(3-1-2-4-25(46)55-12-17-5-7-18(8-6-17)42-43-37)32(48)60-28-22(59-31(27(28)47)45-16-40-26-29(36)38-15-39-30(26)45)14-57-63(53,54)61-20-11-24(44-10-9-23(35)41-33(44)49)58-21(20)13-56-62(50,51)52;;/h8-13,18-19,22-25,27,30-31,34,52H,4-7,14-17H2,1-3H3,(H,45,55)(H,59,60)(H2,39,46,54)(H2,40,42,43)(H2,56,57,58);5-10,15-16,19-22,24,27-28,31,47H,1-4,11-14,34H2,(H,53,54)(H2,35,41,49)(H2,36,38,39)(H2,50,51,52);2*1H4/t22-,23-,24+,25+,27+,30+,31+,34+;19-,20-,21+,22+,24+,27+,28+,31+;;/m00../s1. The van der Waals surface area contributed by atoms with Gasteiger partial charge in [-0.15, -0.1) is 0 Å². The summed E-state index contributed by atoms with van der Waals surface area (Å²) in [5.41, 5.74) is 46.1. The van der Waals surface area contributed by atoms with Crippen molar-refractivity contribution in [1.82, 2.24) is 63.5 Å². The minimum atomic E-state index is -5.29. The minimum absolute atomic E-state index is 0. The molecule has 0 saturated carbocycles. The number of azide groups is 2. The second-order valence-corrected chi connectivity index (χ2v) is 35.9. The lowest BCUT2D eigenvalue weighted by molar-refractivity contribution is -0.159. The fraction of sp³-hybridized carbons (Fsp3) is 0.521. The summed E-state index contributed by atoms with van der Waals surface area (Å²) in [5, 5.41) is 32.7. The Labute approximate surface area is 763 Å². The van der Waals surface area contributed by atoms with Crippen LogP contribution in [0.3, 0.4) is 0 Å². The molecule has 4 aliphatic rings. The number of aliphatic hydroxyl groups excluding tert-OH is 2. The smallest absolute Gasteiger partial charge is 0.461 e. The summed E-state index contributed by atoms with van der Waals surface area (Å²) >= 11 is 0. The van der Waals surface area contributed by atoms with Gasteiger partial charge in [0.05, 0.1) is 39.1 Å². The van der Waals surface area contributed by atoms with Crippen LogP contribution in [0.5, 0.6) is 0 Å². The van der Waals surface area contributed by atoms with Crippen molar-refractivity contribution >= 4 is 118 Å². The first-order valence-electron chi connectivity index (χ1n) is 39.9. The van der Waals surface area contributed by atoms with Gasteiger partial charge in [0.25, 0.3) is 0 Å². The number of rotatable bonds is 41. The highest BCUT2D eigenvalue weighted by Gasteiger charge is 2.53. The van der Waals surface area contributed by atoms with Gasteiger partial charge in [-0.25, -0.2) is 67.3 Å². The second-order valence-electron chi connectivity index (χ2n) is 30.6. The Morgan fingerprint density at radius 3 is 1.34 bits per heavy atom. The average molecular weight is 1980 g/mol. The number of fused-ring (bicyclic) bond motifs is 2. The zero-order valence-electron chi connectivity index (χ0n) is 70.2. The summed E-state index contributed by atoms with van der Waals surface area (Å²) in [5.74, 6) is -3.46. The number of anilines is 4. The van der Waals surface area contributed by atoms with Gasteiger partial charge in [0.15, 0.2) is 47.6 Å². The van der Waals surface area contributed by atoms with E-state index < -0.39 is 203 Å². The number of unbranched alkanes of at least 4 members (excludes halogenated alkanes) is 2. The number of benzene rings is 2. The number of nitrogens with one attached hydrogen (secondary N) is 1. The number of amides is 1. The van der Waals surface area contributed by atoms with E-state index in [9.17, 15) is 91.4 Å². The number of nitrogens with zero attached hydrogens (tertiary/aromatic N) is 18. The van der Waals surface area contributed by atoms with Gasteiger partial charge < -0.3 is 116 Å². The summed E-state index contributed by atoms with van der Waals surface area (Å²) in [6.45, 7) is 1.13. The van der Waals surface area contributed by atoms with Crippen LogP contribution < -0.4 is 45.4 Å². The number of carbonyl (C=O) groups excluding carboxylic acids is 5. The SMILES string of the molecule is C.C.CC(C)(C)OC(=O)N[C@@H](CCCCC(=O)OCc1ccc(N=[N+]=[N-])cc1)C(=O)O[C@H]1[C@@H](O)[C@H](n2cnc3c(N)ncnc32)O[C@@H]1COP(=O)(O)O[C@H]1C[C@H](n2ccc(N)nc2=O)O[C@@H]1COP(=O)(O)O.[N-]=[N+]=Nc1ccc(COC(=O)CCCC[C@H](N)C(=O)O[C@H]2[C@@H](O)[C@H](n3cnc4c(N)ncnc43)O[C@@H]2COP(=O)(O)O[C@H]2C[C@H](n3ccc(N)nc3=O)O[C@@H]2COP(=O)(O)O)cc1. The number of hydrogen-bond acceptors (Lipinski definition) is 43. The van der Waals surface area contributed by atoms with E-state index in [-0.39, 0.29) is 131 Å². The number of phosphoric ester groups is 4. The second kappa shape index (κ2) is 47.3. The number of carbonyl (C=O) groups is 5. The summed E-state index contributed by atoms with van der Waals surface area (Å²) < 4.78 is 136. The molecule has 0 radical (unpaired) electrons. The van der Waals surface area contributed by atoms with Gasteiger partial charge in [-0.05, 0) is 80.8 Å². The molecule has 4 saturated heterocycles. The maximum atomic E-state index is 14.1. The largest absolute Gasteiger partial charge is 0.472 e. The normalized spacial score (nSPS) is 22.9. The average Bonchev–Trinajstić information content (AvgIpc) is 1.62. The van der Waals surface area contributed by atoms with E-state index >= 15 is 0 Å². The predicted molar refractivity (Wildman–Crippen MR) is 461 cm³/mol. The molecule has 1 amide bonds. The molecule has 6 aromatic heterocycles. The lowest BCUT2D eigenvalue weighted by Gasteiger charge is -2.26. The maximum absolute atomic E-state index is 14.1. The molecule has 4 fully saturated rings. The number of imidazole rings is 2. The molecule has 2 unspecified atom stereocenters. The number of esters is 4. The minimum Gasteiger partial charge on any atom is -0.461 e. The van der Waals surface area contributed by atoms with Crippen LogP contribution in [0, 0.1) is 0 Å². The monoisotopic (exact) mass is 1980 g/mol. The Bertz CT molecular complexity index is 5880. The number of nitrogen functional groups attached to an aromatic ring is 4. The molecule has 18 atom stereocenters. The maximum Gasteiger partial charge on any atom is 0.472 e. The van der Waals surface area contributed by atoms with Crippen molar-refractivity contribution in [2.75, 3.05) is 49.4 Å². The molecule has 736 valence electrons. The van der Waals surface area contributed by atoms with Crippen molar-refractivity contribution in [3.8, 4) is 0 Å². The molecule has 8 aromatic rings. The third kappa shape index (κ3) is 30.5. The van der Waals surface area contributed by atoms with Gasteiger partial charge in [0.2, 0.25) is 0 Å². The van der Waals surface area contributed by atoms with Gasteiger partial charge in [-0.1, -0.05) is 86.5 Å².